The average Bonchev–Trinajstić information content (AvgIpc) is 2.42. The molecule has 1 N–H and O–H groups in total. The van der Waals surface area contributed by atoms with Gasteiger partial charge in [0, 0.05) is 12.6 Å². The number of rotatable bonds is 10. The van der Waals surface area contributed by atoms with Gasteiger partial charge in [0.2, 0.25) is 0 Å². The zero-order chi connectivity index (χ0) is 13.1. The van der Waals surface area contributed by atoms with E-state index in [1.54, 1.807) is 0 Å². The summed E-state index contributed by atoms with van der Waals surface area (Å²) < 4.78 is 5.54. The zero-order valence-electron chi connectivity index (χ0n) is 12.4. The highest BCUT2D eigenvalue weighted by atomic mass is 16.5. The number of unbranched alkanes of at least 4 members (excludes halogenated alkanes) is 3. The highest BCUT2D eigenvalue weighted by Crippen LogP contribution is 2.12. The Morgan fingerprint density at radius 3 is 2.72 bits per heavy atom. The normalized spacial score (nSPS) is 21.3. The van der Waals surface area contributed by atoms with Gasteiger partial charge in [-0.15, -0.1) is 0 Å². The number of hydrogen-bond donors (Lipinski definition) is 1. The van der Waals surface area contributed by atoms with Crippen molar-refractivity contribution in [1.82, 2.24) is 10.2 Å². The largest absolute Gasteiger partial charge is 0.378 e. The summed E-state index contributed by atoms with van der Waals surface area (Å²) in [5.74, 6) is 0. The predicted octanol–water partition coefficient (Wildman–Crippen LogP) is 2.66. The Balaban J connectivity index is 1.93. The first-order chi connectivity index (χ1) is 8.88. The molecule has 1 unspecified atom stereocenters. The van der Waals surface area contributed by atoms with Crippen LogP contribution in [-0.4, -0.2) is 50.3 Å². The van der Waals surface area contributed by atoms with Crippen LogP contribution in [0.2, 0.25) is 0 Å². The number of nitrogens with one attached hydrogen (secondary N) is 1. The van der Waals surface area contributed by atoms with Crippen LogP contribution >= 0.6 is 0 Å². The first-order valence-corrected chi connectivity index (χ1v) is 7.91. The molecule has 0 spiro atoms. The lowest BCUT2D eigenvalue weighted by Crippen LogP contribution is -2.45. The van der Waals surface area contributed by atoms with Crippen molar-refractivity contribution < 1.29 is 4.74 Å². The van der Waals surface area contributed by atoms with E-state index in [1.165, 1.54) is 58.2 Å². The second kappa shape index (κ2) is 10.8. The lowest BCUT2D eigenvalue weighted by Gasteiger charge is -2.35. The van der Waals surface area contributed by atoms with Crippen LogP contribution in [0.25, 0.3) is 0 Å². The standard InChI is InChI=1S/C15H32N2O/c1-3-9-16-10-7-5-6-8-11-17-12-13-18-14-15(17)4-2/h15-16H,3-14H2,1-2H3. The molecule has 0 bridgehead atoms. The maximum atomic E-state index is 5.54. The van der Waals surface area contributed by atoms with Crippen LogP contribution in [0.4, 0.5) is 0 Å². The first kappa shape index (κ1) is 15.9. The molecule has 0 radical (unpaired) electrons. The molecule has 1 aliphatic heterocycles. The maximum absolute atomic E-state index is 5.54. The summed E-state index contributed by atoms with van der Waals surface area (Å²) in [5.41, 5.74) is 0. The van der Waals surface area contributed by atoms with E-state index < -0.39 is 0 Å². The molecule has 1 fully saturated rings. The molecule has 0 aromatic heterocycles. The second-order valence-corrected chi connectivity index (χ2v) is 5.34. The number of morpholine rings is 1. The molecule has 3 heteroatoms. The van der Waals surface area contributed by atoms with Gasteiger partial charge >= 0.3 is 0 Å². The Kier molecular flexibility index (Phi) is 9.54. The van der Waals surface area contributed by atoms with Crippen LogP contribution < -0.4 is 5.32 Å². The summed E-state index contributed by atoms with van der Waals surface area (Å²) in [5, 5.41) is 3.46. The highest BCUT2D eigenvalue weighted by molar-refractivity contribution is 4.73. The van der Waals surface area contributed by atoms with Gasteiger partial charge in [0.05, 0.1) is 13.2 Å². The van der Waals surface area contributed by atoms with Crippen molar-refractivity contribution >= 4 is 0 Å². The summed E-state index contributed by atoms with van der Waals surface area (Å²) in [6, 6.07) is 0.671. The van der Waals surface area contributed by atoms with Crippen LogP contribution in [-0.2, 0) is 4.74 Å². The maximum Gasteiger partial charge on any atom is 0.0622 e. The van der Waals surface area contributed by atoms with Crippen LogP contribution in [0.5, 0.6) is 0 Å². The van der Waals surface area contributed by atoms with E-state index in [2.05, 4.69) is 24.1 Å². The lowest BCUT2D eigenvalue weighted by atomic mass is 10.1. The second-order valence-electron chi connectivity index (χ2n) is 5.34. The Bertz CT molecular complexity index is 187. The monoisotopic (exact) mass is 256 g/mol. The Morgan fingerprint density at radius 1 is 1.11 bits per heavy atom. The van der Waals surface area contributed by atoms with Crippen LogP contribution in [0.15, 0.2) is 0 Å². The predicted molar refractivity (Wildman–Crippen MR) is 78.1 cm³/mol. The Morgan fingerprint density at radius 2 is 1.94 bits per heavy atom. The van der Waals surface area contributed by atoms with Gasteiger partial charge in [-0.25, -0.2) is 0 Å². The average molecular weight is 256 g/mol. The van der Waals surface area contributed by atoms with Gasteiger partial charge in [-0.1, -0.05) is 26.7 Å². The van der Waals surface area contributed by atoms with Gasteiger partial charge in [0.15, 0.2) is 0 Å². The zero-order valence-corrected chi connectivity index (χ0v) is 12.4. The van der Waals surface area contributed by atoms with Crippen LogP contribution in [0.1, 0.15) is 52.4 Å². The Hall–Kier alpha value is -0.120. The van der Waals surface area contributed by atoms with Crippen molar-refractivity contribution in [2.75, 3.05) is 39.4 Å². The van der Waals surface area contributed by atoms with Gasteiger partial charge in [-0.3, -0.25) is 4.90 Å². The van der Waals surface area contributed by atoms with Gasteiger partial charge in [0.25, 0.3) is 0 Å². The van der Waals surface area contributed by atoms with Crippen molar-refractivity contribution in [3.05, 3.63) is 0 Å². The Labute approximate surface area is 113 Å². The molecule has 1 saturated heterocycles. The molecule has 3 nitrogen and oxygen atoms in total. The number of nitrogens with zero attached hydrogens (tertiary/aromatic N) is 1. The van der Waals surface area contributed by atoms with Crippen molar-refractivity contribution in [3.63, 3.8) is 0 Å². The van der Waals surface area contributed by atoms with E-state index >= 15 is 0 Å². The van der Waals surface area contributed by atoms with E-state index in [-0.39, 0.29) is 0 Å². The lowest BCUT2D eigenvalue weighted by molar-refractivity contribution is -0.00917. The topological polar surface area (TPSA) is 24.5 Å². The van der Waals surface area contributed by atoms with Gasteiger partial charge in [0.1, 0.15) is 0 Å². The summed E-state index contributed by atoms with van der Waals surface area (Å²) in [6.45, 7) is 11.1. The van der Waals surface area contributed by atoms with Gasteiger partial charge < -0.3 is 10.1 Å². The fourth-order valence-corrected chi connectivity index (χ4v) is 2.58. The molecular formula is C15H32N2O. The molecule has 1 heterocycles. The fraction of sp³-hybridized carbons (Fsp3) is 1.00. The van der Waals surface area contributed by atoms with E-state index in [0.717, 1.165) is 19.8 Å². The number of hydrogen-bond acceptors (Lipinski definition) is 3. The number of ether oxygens (including phenoxy) is 1. The molecule has 0 saturated carbocycles. The molecule has 0 aromatic carbocycles. The van der Waals surface area contributed by atoms with Crippen molar-refractivity contribution in [2.45, 2.75) is 58.4 Å². The quantitative estimate of drug-likeness (QED) is 0.608. The third-order valence-electron chi connectivity index (χ3n) is 3.80. The summed E-state index contributed by atoms with van der Waals surface area (Å²) in [4.78, 5) is 2.62. The van der Waals surface area contributed by atoms with Crippen molar-refractivity contribution in [1.29, 1.82) is 0 Å². The fourth-order valence-electron chi connectivity index (χ4n) is 2.58. The summed E-state index contributed by atoms with van der Waals surface area (Å²) in [7, 11) is 0. The molecule has 108 valence electrons. The molecule has 0 aliphatic carbocycles. The van der Waals surface area contributed by atoms with Gasteiger partial charge in [-0.05, 0) is 45.3 Å². The van der Waals surface area contributed by atoms with Crippen molar-refractivity contribution in [2.24, 2.45) is 0 Å². The molecular weight excluding hydrogens is 224 g/mol. The van der Waals surface area contributed by atoms with Crippen molar-refractivity contribution in [3.8, 4) is 0 Å². The third kappa shape index (κ3) is 6.72. The van der Waals surface area contributed by atoms with E-state index in [1.807, 2.05) is 0 Å². The smallest absolute Gasteiger partial charge is 0.0622 e. The van der Waals surface area contributed by atoms with Crippen LogP contribution in [0, 0.1) is 0 Å². The summed E-state index contributed by atoms with van der Waals surface area (Å²) in [6.07, 6.45) is 7.90. The molecule has 0 aromatic rings. The molecule has 1 atom stereocenters. The molecule has 0 amide bonds. The van der Waals surface area contributed by atoms with E-state index in [0.29, 0.717) is 6.04 Å². The molecule has 1 aliphatic rings. The van der Waals surface area contributed by atoms with Crippen LogP contribution in [0.3, 0.4) is 0 Å². The minimum Gasteiger partial charge on any atom is -0.378 e. The summed E-state index contributed by atoms with van der Waals surface area (Å²) >= 11 is 0. The minimum absolute atomic E-state index is 0.671. The van der Waals surface area contributed by atoms with E-state index in [4.69, 9.17) is 4.74 Å². The highest BCUT2D eigenvalue weighted by Gasteiger charge is 2.20. The SMILES string of the molecule is CCCNCCCCCCN1CCOCC1CC. The first-order valence-electron chi connectivity index (χ1n) is 7.91. The van der Waals surface area contributed by atoms with E-state index in [9.17, 15) is 0 Å². The minimum atomic E-state index is 0.671. The molecule has 18 heavy (non-hydrogen) atoms. The molecule has 1 rings (SSSR count). The van der Waals surface area contributed by atoms with Gasteiger partial charge in [-0.2, -0.15) is 0 Å². The third-order valence-corrected chi connectivity index (χ3v) is 3.80.